The molecule has 0 aromatic heterocycles. The lowest BCUT2D eigenvalue weighted by molar-refractivity contribution is 0.102. The zero-order chi connectivity index (χ0) is 18.1. The molecule has 0 unspecified atom stereocenters. The maximum Gasteiger partial charge on any atom is 0.196 e. The van der Waals surface area contributed by atoms with Gasteiger partial charge in [-0.15, -0.1) is 0 Å². The predicted molar refractivity (Wildman–Crippen MR) is 95.8 cm³/mol. The van der Waals surface area contributed by atoms with Gasteiger partial charge in [-0.1, -0.05) is 57.7 Å². The summed E-state index contributed by atoms with van der Waals surface area (Å²) in [7, 11) is 0. The number of carbonyl (C=O) groups is 2. The van der Waals surface area contributed by atoms with E-state index in [0.717, 1.165) is 0 Å². The molecule has 2 aromatic rings. The number of carbonyl (C=O) groups excluding carboxylic acids is 2. The van der Waals surface area contributed by atoms with E-state index in [1.54, 1.807) is 37.3 Å². The van der Waals surface area contributed by atoms with Gasteiger partial charge in [-0.3, -0.25) is 9.59 Å². The molecule has 0 saturated heterocycles. The van der Waals surface area contributed by atoms with E-state index in [1.807, 2.05) is 26.8 Å². The van der Waals surface area contributed by atoms with Crippen LogP contribution in [0.1, 0.15) is 59.5 Å². The maximum absolute atomic E-state index is 12.7. The smallest absolute Gasteiger partial charge is 0.196 e. The highest BCUT2D eigenvalue weighted by atomic mass is 16.3. The van der Waals surface area contributed by atoms with Gasteiger partial charge in [0.2, 0.25) is 0 Å². The number of hydrogen-bond acceptors (Lipinski definition) is 3. The number of benzene rings is 2. The van der Waals surface area contributed by atoms with Crippen molar-refractivity contribution in [2.45, 2.75) is 33.1 Å². The summed E-state index contributed by atoms with van der Waals surface area (Å²) in [6, 6.07) is 11.8. The Bertz CT molecular complexity index is 809. The van der Waals surface area contributed by atoms with Gasteiger partial charge in [-0.25, -0.2) is 0 Å². The van der Waals surface area contributed by atoms with Gasteiger partial charge in [0.05, 0.1) is 5.56 Å². The van der Waals surface area contributed by atoms with Crippen LogP contribution in [0.5, 0.6) is 5.75 Å². The summed E-state index contributed by atoms with van der Waals surface area (Å²) in [6.45, 7) is 11.2. The van der Waals surface area contributed by atoms with Crippen LogP contribution in [0.2, 0.25) is 0 Å². The second kappa shape index (κ2) is 6.44. The molecule has 1 N–H and O–H groups in total. The quantitative estimate of drug-likeness (QED) is 0.657. The number of Topliss-reactive ketones (excluding diaryl/α,β-unsaturated/α-hetero) is 1. The molecule has 0 bridgehead atoms. The van der Waals surface area contributed by atoms with Crippen molar-refractivity contribution >= 4 is 11.6 Å². The molecule has 0 aliphatic carbocycles. The van der Waals surface area contributed by atoms with Crippen molar-refractivity contribution in [2.75, 3.05) is 0 Å². The first-order valence-corrected chi connectivity index (χ1v) is 7.80. The maximum atomic E-state index is 12.7. The summed E-state index contributed by atoms with van der Waals surface area (Å²) >= 11 is 0. The van der Waals surface area contributed by atoms with Gasteiger partial charge in [0.15, 0.2) is 11.6 Å². The fourth-order valence-electron chi connectivity index (χ4n) is 2.55. The summed E-state index contributed by atoms with van der Waals surface area (Å²) in [6.07, 6.45) is 0. The molecule has 0 amide bonds. The SMILES string of the molecule is C=C(C)C(=O)c1cc(O)c(C(=O)c2ccccc2)cc1C(C)(C)C. The van der Waals surface area contributed by atoms with E-state index in [0.29, 0.717) is 22.3 Å². The molecule has 0 aliphatic rings. The molecule has 124 valence electrons. The molecule has 2 aromatic carbocycles. The average molecular weight is 322 g/mol. The van der Waals surface area contributed by atoms with Gasteiger partial charge >= 0.3 is 0 Å². The van der Waals surface area contributed by atoms with Gasteiger partial charge in [0, 0.05) is 11.1 Å². The Labute approximate surface area is 142 Å². The highest BCUT2D eigenvalue weighted by Crippen LogP contribution is 2.33. The normalized spacial score (nSPS) is 11.2. The van der Waals surface area contributed by atoms with Crippen molar-refractivity contribution in [2.24, 2.45) is 0 Å². The summed E-state index contributed by atoms with van der Waals surface area (Å²) in [4.78, 5) is 25.1. The van der Waals surface area contributed by atoms with Crippen LogP contribution in [0, 0.1) is 0 Å². The summed E-state index contributed by atoms with van der Waals surface area (Å²) < 4.78 is 0. The van der Waals surface area contributed by atoms with E-state index in [9.17, 15) is 14.7 Å². The molecule has 0 fully saturated rings. The van der Waals surface area contributed by atoms with Crippen LogP contribution in [0.15, 0.2) is 54.6 Å². The third-order valence-corrected chi connectivity index (χ3v) is 3.86. The van der Waals surface area contributed by atoms with E-state index in [2.05, 4.69) is 6.58 Å². The van der Waals surface area contributed by atoms with Crippen LogP contribution in [-0.2, 0) is 5.41 Å². The minimum Gasteiger partial charge on any atom is -0.507 e. The second-order valence-corrected chi connectivity index (χ2v) is 6.97. The Balaban J connectivity index is 2.66. The first-order valence-electron chi connectivity index (χ1n) is 7.80. The molecule has 0 heterocycles. The molecule has 24 heavy (non-hydrogen) atoms. The third kappa shape index (κ3) is 3.46. The summed E-state index contributed by atoms with van der Waals surface area (Å²) in [5.41, 5.74) is 1.82. The van der Waals surface area contributed by atoms with Gasteiger partial charge in [-0.05, 0) is 35.6 Å². The summed E-state index contributed by atoms with van der Waals surface area (Å²) in [5, 5.41) is 10.3. The lowest BCUT2D eigenvalue weighted by Gasteiger charge is -2.24. The number of phenolic OH excluding ortho intramolecular Hbond substituents is 1. The van der Waals surface area contributed by atoms with E-state index < -0.39 is 0 Å². The Kier molecular flexibility index (Phi) is 4.74. The zero-order valence-corrected chi connectivity index (χ0v) is 14.5. The van der Waals surface area contributed by atoms with Crippen molar-refractivity contribution in [3.05, 3.63) is 76.9 Å². The number of rotatable bonds is 4. The topological polar surface area (TPSA) is 54.4 Å². The van der Waals surface area contributed by atoms with Crippen LogP contribution in [-0.4, -0.2) is 16.7 Å². The van der Waals surface area contributed by atoms with Gasteiger partial charge < -0.3 is 5.11 Å². The molecule has 0 atom stereocenters. The lowest BCUT2D eigenvalue weighted by atomic mass is 9.80. The van der Waals surface area contributed by atoms with Crippen molar-refractivity contribution in [1.82, 2.24) is 0 Å². The van der Waals surface area contributed by atoms with Crippen LogP contribution < -0.4 is 0 Å². The molecule has 0 aliphatic heterocycles. The first-order chi connectivity index (χ1) is 11.1. The van der Waals surface area contributed by atoms with Gasteiger partial charge in [-0.2, -0.15) is 0 Å². The zero-order valence-electron chi connectivity index (χ0n) is 14.5. The Hall–Kier alpha value is -2.68. The Morgan fingerprint density at radius 1 is 1.00 bits per heavy atom. The fraction of sp³-hybridized carbons (Fsp3) is 0.238. The van der Waals surface area contributed by atoms with Crippen LogP contribution in [0.25, 0.3) is 0 Å². The van der Waals surface area contributed by atoms with E-state index >= 15 is 0 Å². The first kappa shape index (κ1) is 17.7. The van der Waals surface area contributed by atoms with Crippen LogP contribution in [0.3, 0.4) is 0 Å². The molecular formula is C21H22O3. The van der Waals surface area contributed by atoms with Crippen LogP contribution >= 0.6 is 0 Å². The highest BCUT2D eigenvalue weighted by Gasteiger charge is 2.26. The summed E-state index contributed by atoms with van der Waals surface area (Å²) in [5.74, 6) is -0.691. The number of phenols is 1. The average Bonchev–Trinajstić information content (AvgIpc) is 2.52. The number of allylic oxidation sites excluding steroid dienone is 1. The lowest BCUT2D eigenvalue weighted by Crippen LogP contribution is -2.19. The van der Waals surface area contributed by atoms with E-state index in [1.165, 1.54) is 6.07 Å². The minimum absolute atomic E-state index is 0.193. The van der Waals surface area contributed by atoms with Crippen molar-refractivity contribution in [3.63, 3.8) is 0 Å². The standard InChI is InChI=1S/C21H22O3/c1-13(2)19(23)15-12-18(22)16(11-17(15)21(3,4)5)20(24)14-9-7-6-8-10-14/h6-12,22H,1H2,2-5H3. The molecule has 3 nitrogen and oxygen atoms in total. The van der Waals surface area contributed by atoms with Crippen LogP contribution in [0.4, 0.5) is 0 Å². The van der Waals surface area contributed by atoms with Gasteiger partial charge in [0.1, 0.15) is 5.75 Å². The van der Waals surface area contributed by atoms with Gasteiger partial charge in [0.25, 0.3) is 0 Å². The molecular weight excluding hydrogens is 300 g/mol. The fourth-order valence-corrected chi connectivity index (χ4v) is 2.55. The molecule has 0 radical (unpaired) electrons. The molecule has 2 rings (SSSR count). The number of aromatic hydroxyl groups is 1. The highest BCUT2D eigenvalue weighted by molar-refractivity contribution is 6.13. The van der Waals surface area contributed by atoms with E-state index in [4.69, 9.17) is 0 Å². The van der Waals surface area contributed by atoms with Crippen molar-refractivity contribution in [3.8, 4) is 5.75 Å². The molecule has 0 spiro atoms. The van der Waals surface area contributed by atoms with E-state index in [-0.39, 0.29) is 28.3 Å². The van der Waals surface area contributed by atoms with Crippen molar-refractivity contribution in [1.29, 1.82) is 0 Å². The predicted octanol–water partition coefficient (Wildman–Crippen LogP) is 4.68. The minimum atomic E-state index is -0.361. The molecule has 3 heteroatoms. The monoisotopic (exact) mass is 322 g/mol. The largest absolute Gasteiger partial charge is 0.507 e. The number of hydrogen-bond donors (Lipinski definition) is 1. The Morgan fingerprint density at radius 2 is 1.58 bits per heavy atom. The molecule has 0 saturated carbocycles. The number of ketones is 2. The third-order valence-electron chi connectivity index (χ3n) is 3.86. The van der Waals surface area contributed by atoms with Crippen molar-refractivity contribution < 1.29 is 14.7 Å². The Morgan fingerprint density at radius 3 is 2.08 bits per heavy atom. The second-order valence-electron chi connectivity index (χ2n) is 6.97.